The number of thiophene rings is 1. The third-order valence-electron chi connectivity index (χ3n) is 1.71. The lowest BCUT2D eigenvalue weighted by Crippen LogP contribution is -1.68. The first-order valence-electron chi connectivity index (χ1n) is 3.44. The van der Waals surface area contributed by atoms with Crippen molar-refractivity contribution in [2.24, 2.45) is 0 Å². The Morgan fingerprint density at radius 1 is 1.36 bits per heavy atom. The molecule has 0 N–H and O–H groups in total. The highest BCUT2D eigenvalue weighted by molar-refractivity contribution is 7.80. The molecule has 0 aliphatic carbocycles. The molecule has 56 valence electrons. The van der Waals surface area contributed by atoms with Crippen LogP contribution in [0, 0.1) is 6.92 Å². The first kappa shape index (κ1) is 7.19. The molecular weight excluding hydrogens is 172 g/mol. The van der Waals surface area contributed by atoms with Gasteiger partial charge < -0.3 is 0 Å². The third-order valence-corrected chi connectivity index (χ3v) is 3.20. The zero-order valence-electron chi connectivity index (χ0n) is 6.16. The molecule has 0 saturated carbocycles. The smallest absolute Gasteiger partial charge is 0.0356 e. The Balaban J connectivity index is 2.86. The van der Waals surface area contributed by atoms with Crippen molar-refractivity contribution in [3.8, 4) is 0 Å². The van der Waals surface area contributed by atoms with Gasteiger partial charge in [-0.2, -0.15) is 0 Å². The number of benzene rings is 1. The molecule has 0 unspecified atom stereocenters. The maximum atomic E-state index is 4.35. The molecule has 0 fully saturated rings. The van der Waals surface area contributed by atoms with Crippen LogP contribution in [0.2, 0.25) is 0 Å². The van der Waals surface area contributed by atoms with Crippen molar-refractivity contribution in [3.05, 3.63) is 29.1 Å². The summed E-state index contributed by atoms with van der Waals surface area (Å²) in [6.07, 6.45) is 0. The van der Waals surface area contributed by atoms with Crippen LogP contribution in [-0.4, -0.2) is 0 Å². The summed E-state index contributed by atoms with van der Waals surface area (Å²) < 4.78 is 1.33. The van der Waals surface area contributed by atoms with E-state index in [1.165, 1.54) is 15.6 Å². The van der Waals surface area contributed by atoms with Gasteiger partial charge in [-0.15, -0.1) is 24.0 Å². The van der Waals surface area contributed by atoms with Crippen LogP contribution in [-0.2, 0) is 0 Å². The van der Waals surface area contributed by atoms with Gasteiger partial charge in [-0.1, -0.05) is 12.1 Å². The fourth-order valence-electron chi connectivity index (χ4n) is 1.12. The van der Waals surface area contributed by atoms with Crippen LogP contribution in [0.15, 0.2) is 28.5 Å². The third kappa shape index (κ3) is 1.17. The molecule has 0 radical (unpaired) electrons. The summed E-state index contributed by atoms with van der Waals surface area (Å²) >= 11 is 6.10. The van der Waals surface area contributed by atoms with E-state index in [0.717, 1.165) is 4.90 Å². The summed E-state index contributed by atoms with van der Waals surface area (Å²) in [6.45, 7) is 2.11. The van der Waals surface area contributed by atoms with Crippen molar-refractivity contribution in [1.29, 1.82) is 0 Å². The van der Waals surface area contributed by atoms with Crippen LogP contribution < -0.4 is 0 Å². The van der Waals surface area contributed by atoms with Gasteiger partial charge in [0, 0.05) is 20.4 Å². The van der Waals surface area contributed by atoms with E-state index in [9.17, 15) is 0 Å². The lowest BCUT2D eigenvalue weighted by Gasteiger charge is -1.92. The Labute approximate surface area is 75.3 Å². The largest absolute Gasteiger partial charge is 0.143 e. The molecule has 0 amide bonds. The minimum Gasteiger partial charge on any atom is -0.143 e. The Bertz CT molecular complexity index is 387. The Morgan fingerprint density at radius 3 is 3.00 bits per heavy atom. The van der Waals surface area contributed by atoms with Gasteiger partial charge in [0.25, 0.3) is 0 Å². The van der Waals surface area contributed by atoms with Crippen molar-refractivity contribution in [1.82, 2.24) is 0 Å². The molecule has 2 rings (SSSR count). The highest BCUT2D eigenvalue weighted by Crippen LogP contribution is 2.28. The number of hydrogen-bond acceptors (Lipinski definition) is 2. The maximum absolute atomic E-state index is 4.35. The fourth-order valence-corrected chi connectivity index (χ4v) is 2.47. The number of rotatable bonds is 0. The summed E-state index contributed by atoms with van der Waals surface area (Å²) in [5.41, 5.74) is 1.31. The molecule has 2 aromatic rings. The molecule has 2 heteroatoms. The molecule has 0 spiro atoms. The van der Waals surface area contributed by atoms with Gasteiger partial charge in [-0.3, -0.25) is 0 Å². The van der Waals surface area contributed by atoms with Gasteiger partial charge in [0.2, 0.25) is 0 Å². The van der Waals surface area contributed by atoms with E-state index in [2.05, 4.69) is 43.1 Å². The number of fused-ring (bicyclic) bond motifs is 1. The molecule has 0 bridgehead atoms. The Kier molecular flexibility index (Phi) is 1.66. The minimum absolute atomic E-state index is 1.09. The lowest BCUT2D eigenvalue weighted by atomic mass is 10.2. The summed E-state index contributed by atoms with van der Waals surface area (Å²) in [5.74, 6) is 0. The van der Waals surface area contributed by atoms with Crippen LogP contribution in [0.5, 0.6) is 0 Å². The van der Waals surface area contributed by atoms with E-state index >= 15 is 0 Å². The standard InChI is InChI=1S/C9H8S2/c1-6-2-3-7-8(10)5-11-9(7)4-6/h2-5,10H,1H3. The molecule has 0 aliphatic rings. The number of aryl methyl sites for hydroxylation is 1. The van der Waals surface area contributed by atoms with Crippen LogP contribution >= 0.6 is 24.0 Å². The van der Waals surface area contributed by atoms with Gasteiger partial charge in [-0.25, -0.2) is 0 Å². The Morgan fingerprint density at radius 2 is 2.18 bits per heavy atom. The molecule has 0 nitrogen and oxygen atoms in total. The summed E-state index contributed by atoms with van der Waals surface area (Å²) in [6, 6.07) is 6.44. The maximum Gasteiger partial charge on any atom is 0.0356 e. The van der Waals surface area contributed by atoms with Gasteiger partial charge >= 0.3 is 0 Å². The van der Waals surface area contributed by atoms with Crippen molar-refractivity contribution < 1.29 is 0 Å². The molecule has 0 aliphatic heterocycles. The average Bonchev–Trinajstić information content (AvgIpc) is 2.32. The predicted molar refractivity (Wildman–Crippen MR) is 53.8 cm³/mol. The molecule has 1 aromatic heterocycles. The van der Waals surface area contributed by atoms with Gasteiger partial charge in [0.15, 0.2) is 0 Å². The zero-order chi connectivity index (χ0) is 7.84. The number of hydrogen-bond donors (Lipinski definition) is 1. The van der Waals surface area contributed by atoms with E-state index < -0.39 is 0 Å². The van der Waals surface area contributed by atoms with Gasteiger partial charge in [0.1, 0.15) is 0 Å². The van der Waals surface area contributed by atoms with Crippen molar-refractivity contribution in [3.63, 3.8) is 0 Å². The minimum atomic E-state index is 1.09. The molecule has 0 saturated heterocycles. The molecule has 11 heavy (non-hydrogen) atoms. The van der Waals surface area contributed by atoms with Crippen LogP contribution in [0.3, 0.4) is 0 Å². The predicted octanol–water partition coefficient (Wildman–Crippen LogP) is 3.50. The van der Waals surface area contributed by atoms with Crippen LogP contribution in [0.4, 0.5) is 0 Å². The van der Waals surface area contributed by atoms with E-state index in [0.29, 0.717) is 0 Å². The summed E-state index contributed by atoms with van der Waals surface area (Å²) in [7, 11) is 0. The van der Waals surface area contributed by atoms with Crippen molar-refractivity contribution >= 4 is 34.1 Å². The number of thiol groups is 1. The monoisotopic (exact) mass is 180 g/mol. The molecule has 1 heterocycles. The quantitative estimate of drug-likeness (QED) is 0.589. The van der Waals surface area contributed by atoms with Crippen molar-refractivity contribution in [2.75, 3.05) is 0 Å². The van der Waals surface area contributed by atoms with E-state index in [1.54, 1.807) is 11.3 Å². The van der Waals surface area contributed by atoms with Gasteiger partial charge in [-0.05, 0) is 18.6 Å². The molecule has 0 atom stereocenters. The second-order valence-corrected chi connectivity index (χ2v) is 4.01. The van der Waals surface area contributed by atoms with Crippen molar-refractivity contribution in [2.45, 2.75) is 11.8 Å². The normalized spacial score (nSPS) is 10.7. The molecular formula is C9H8S2. The first-order valence-corrected chi connectivity index (χ1v) is 4.77. The highest BCUT2D eigenvalue weighted by atomic mass is 32.1. The fraction of sp³-hybridized carbons (Fsp3) is 0.111. The SMILES string of the molecule is Cc1ccc2c(S)csc2c1. The second kappa shape index (κ2) is 2.54. The van der Waals surface area contributed by atoms with E-state index in [1.807, 2.05) is 0 Å². The average molecular weight is 180 g/mol. The topological polar surface area (TPSA) is 0 Å². The second-order valence-electron chi connectivity index (χ2n) is 2.62. The lowest BCUT2D eigenvalue weighted by molar-refractivity contribution is 1.51. The van der Waals surface area contributed by atoms with Gasteiger partial charge in [0.05, 0.1) is 0 Å². The summed E-state index contributed by atoms with van der Waals surface area (Å²) in [4.78, 5) is 1.09. The molecule has 1 aromatic carbocycles. The first-order chi connectivity index (χ1) is 5.27. The highest BCUT2D eigenvalue weighted by Gasteiger charge is 1.98. The van der Waals surface area contributed by atoms with Crippen LogP contribution in [0.25, 0.3) is 10.1 Å². The van der Waals surface area contributed by atoms with Crippen LogP contribution in [0.1, 0.15) is 5.56 Å². The zero-order valence-corrected chi connectivity index (χ0v) is 7.88. The Hall–Kier alpha value is -0.470. The summed E-state index contributed by atoms with van der Waals surface area (Å²) in [5, 5.41) is 3.34. The van der Waals surface area contributed by atoms with E-state index in [4.69, 9.17) is 0 Å². The van der Waals surface area contributed by atoms with E-state index in [-0.39, 0.29) is 0 Å².